The van der Waals surface area contributed by atoms with E-state index in [1.807, 2.05) is 6.92 Å². The van der Waals surface area contributed by atoms with Gasteiger partial charge in [-0.1, -0.05) is 6.92 Å². The molecule has 4 nitrogen and oxygen atoms in total. The van der Waals surface area contributed by atoms with E-state index in [4.69, 9.17) is 10.2 Å². The number of aliphatic hydroxyl groups is 2. The monoisotopic (exact) mass is 189 g/mol. The third-order valence-electron chi connectivity index (χ3n) is 1.90. The zero-order chi connectivity index (χ0) is 10.1. The second-order valence-corrected chi connectivity index (χ2v) is 3.01. The van der Waals surface area contributed by atoms with Crippen molar-refractivity contribution in [2.24, 2.45) is 0 Å². The topological polar surface area (TPSA) is 69.6 Å². The maximum Gasteiger partial charge on any atom is 0.220 e. The highest BCUT2D eigenvalue weighted by Crippen LogP contribution is 1.98. The lowest BCUT2D eigenvalue weighted by Gasteiger charge is -2.15. The first-order chi connectivity index (χ1) is 6.24. The van der Waals surface area contributed by atoms with Crippen LogP contribution in [0.4, 0.5) is 0 Å². The first-order valence-electron chi connectivity index (χ1n) is 4.75. The highest BCUT2D eigenvalue weighted by Gasteiger charge is 2.08. The van der Waals surface area contributed by atoms with E-state index in [0.717, 1.165) is 6.42 Å². The van der Waals surface area contributed by atoms with Crippen molar-refractivity contribution in [2.75, 3.05) is 13.2 Å². The van der Waals surface area contributed by atoms with E-state index in [1.165, 1.54) is 0 Å². The fourth-order valence-electron chi connectivity index (χ4n) is 1.07. The normalized spacial score (nSPS) is 12.5. The Labute approximate surface area is 79.0 Å². The molecule has 0 heterocycles. The first-order valence-corrected chi connectivity index (χ1v) is 4.75. The van der Waals surface area contributed by atoms with E-state index in [1.54, 1.807) is 0 Å². The summed E-state index contributed by atoms with van der Waals surface area (Å²) in [6.45, 7) is 2.11. The van der Waals surface area contributed by atoms with Crippen LogP contribution in [0.15, 0.2) is 0 Å². The summed E-state index contributed by atoms with van der Waals surface area (Å²) < 4.78 is 0. The summed E-state index contributed by atoms with van der Waals surface area (Å²) in [7, 11) is 0. The second-order valence-electron chi connectivity index (χ2n) is 3.01. The van der Waals surface area contributed by atoms with Crippen LogP contribution in [-0.2, 0) is 4.79 Å². The lowest BCUT2D eigenvalue weighted by molar-refractivity contribution is -0.122. The third-order valence-corrected chi connectivity index (χ3v) is 1.90. The van der Waals surface area contributed by atoms with E-state index in [2.05, 4.69) is 5.32 Å². The molecule has 0 aliphatic rings. The van der Waals surface area contributed by atoms with Gasteiger partial charge < -0.3 is 15.5 Å². The third kappa shape index (κ3) is 6.54. The van der Waals surface area contributed by atoms with Crippen LogP contribution in [0.1, 0.15) is 32.6 Å². The summed E-state index contributed by atoms with van der Waals surface area (Å²) in [5, 5.41) is 19.9. The average Bonchev–Trinajstić information content (AvgIpc) is 2.14. The van der Waals surface area contributed by atoms with E-state index >= 15 is 0 Å². The van der Waals surface area contributed by atoms with E-state index in [-0.39, 0.29) is 25.2 Å². The van der Waals surface area contributed by atoms with Crippen molar-refractivity contribution in [3.05, 3.63) is 0 Å². The predicted molar refractivity (Wildman–Crippen MR) is 50.2 cm³/mol. The Hall–Kier alpha value is -0.610. The number of nitrogens with one attached hydrogen (secondary N) is 1. The van der Waals surface area contributed by atoms with Crippen LogP contribution in [0.3, 0.4) is 0 Å². The Kier molecular flexibility index (Phi) is 7.63. The van der Waals surface area contributed by atoms with Crippen LogP contribution < -0.4 is 5.32 Å². The van der Waals surface area contributed by atoms with Crippen LogP contribution in [0.25, 0.3) is 0 Å². The standard InChI is InChI=1S/C9H19NO3/c1-2-8(5-7-12)10-9(13)4-3-6-11/h8,11-12H,2-7H2,1H3,(H,10,13). The molecule has 1 unspecified atom stereocenters. The smallest absolute Gasteiger partial charge is 0.220 e. The molecule has 3 N–H and O–H groups in total. The molecule has 1 amide bonds. The molecule has 4 heteroatoms. The largest absolute Gasteiger partial charge is 0.396 e. The van der Waals surface area contributed by atoms with Gasteiger partial charge in [-0.2, -0.15) is 0 Å². The molecule has 78 valence electrons. The number of amides is 1. The molecule has 0 aromatic heterocycles. The highest BCUT2D eigenvalue weighted by atomic mass is 16.3. The molecule has 0 radical (unpaired) electrons. The maximum absolute atomic E-state index is 11.1. The quantitative estimate of drug-likeness (QED) is 0.529. The Morgan fingerprint density at radius 2 is 2.08 bits per heavy atom. The Balaban J connectivity index is 3.60. The van der Waals surface area contributed by atoms with Gasteiger partial charge in [-0.15, -0.1) is 0 Å². The molecule has 0 saturated carbocycles. The average molecular weight is 189 g/mol. The Morgan fingerprint density at radius 3 is 2.54 bits per heavy atom. The van der Waals surface area contributed by atoms with Crippen LogP contribution >= 0.6 is 0 Å². The maximum atomic E-state index is 11.1. The van der Waals surface area contributed by atoms with Crippen LogP contribution in [0, 0.1) is 0 Å². The van der Waals surface area contributed by atoms with Gasteiger partial charge in [0.2, 0.25) is 5.91 Å². The van der Waals surface area contributed by atoms with Crippen molar-refractivity contribution in [3.63, 3.8) is 0 Å². The lowest BCUT2D eigenvalue weighted by atomic mass is 10.1. The summed E-state index contributed by atoms with van der Waals surface area (Å²) in [4.78, 5) is 11.1. The molecule has 1 atom stereocenters. The van der Waals surface area contributed by atoms with Gasteiger partial charge in [0, 0.05) is 25.7 Å². The van der Waals surface area contributed by atoms with E-state index < -0.39 is 0 Å². The van der Waals surface area contributed by atoms with E-state index in [9.17, 15) is 4.79 Å². The fourth-order valence-corrected chi connectivity index (χ4v) is 1.07. The lowest BCUT2D eigenvalue weighted by Crippen LogP contribution is -2.34. The Bertz CT molecular complexity index is 139. The van der Waals surface area contributed by atoms with Crippen LogP contribution in [0.2, 0.25) is 0 Å². The molecule has 0 bridgehead atoms. The van der Waals surface area contributed by atoms with Crippen LogP contribution in [-0.4, -0.2) is 35.4 Å². The van der Waals surface area contributed by atoms with Gasteiger partial charge in [0.25, 0.3) is 0 Å². The molecular formula is C9H19NO3. The fraction of sp³-hybridized carbons (Fsp3) is 0.889. The van der Waals surface area contributed by atoms with Gasteiger partial charge in [-0.3, -0.25) is 4.79 Å². The summed E-state index contributed by atoms with van der Waals surface area (Å²) in [6, 6.07) is 0.0659. The second kappa shape index (κ2) is 8.01. The SMILES string of the molecule is CCC(CCO)NC(=O)CCCO. The molecule has 13 heavy (non-hydrogen) atoms. The predicted octanol–water partition coefficient (Wildman–Crippen LogP) is 0.0361. The van der Waals surface area contributed by atoms with Crippen molar-refractivity contribution >= 4 is 5.91 Å². The number of hydrogen-bond donors (Lipinski definition) is 3. The van der Waals surface area contributed by atoms with Gasteiger partial charge in [0.05, 0.1) is 0 Å². The minimum Gasteiger partial charge on any atom is -0.396 e. The molecule has 0 saturated heterocycles. The molecule has 0 aliphatic carbocycles. The highest BCUT2D eigenvalue weighted by molar-refractivity contribution is 5.76. The number of rotatable bonds is 7. The zero-order valence-electron chi connectivity index (χ0n) is 8.12. The Morgan fingerprint density at radius 1 is 1.38 bits per heavy atom. The summed E-state index contributed by atoms with van der Waals surface area (Å²) in [5.74, 6) is -0.0469. The van der Waals surface area contributed by atoms with Gasteiger partial charge in [-0.05, 0) is 19.3 Å². The molecular weight excluding hydrogens is 170 g/mol. The van der Waals surface area contributed by atoms with Gasteiger partial charge in [0.1, 0.15) is 0 Å². The van der Waals surface area contributed by atoms with Crippen LogP contribution in [0.5, 0.6) is 0 Å². The van der Waals surface area contributed by atoms with Crippen molar-refractivity contribution < 1.29 is 15.0 Å². The summed E-state index contributed by atoms with van der Waals surface area (Å²) >= 11 is 0. The summed E-state index contributed by atoms with van der Waals surface area (Å²) in [5.41, 5.74) is 0. The number of aliphatic hydroxyl groups excluding tert-OH is 2. The summed E-state index contributed by atoms with van der Waals surface area (Å²) in [6.07, 6.45) is 2.28. The molecule has 0 aromatic carbocycles. The number of carbonyl (C=O) groups excluding carboxylic acids is 1. The van der Waals surface area contributed by atoms with E-state index in [0.29, 0.717) is 19.3 Å². The first kappa shape index (κ1) is 12.4. The molecule has 0 aliphatic heterocycles. The molecule has 0 rings (SSSR count). The minimum absolute atomic E-state index is 0.0458. The minimum atomic E-state index is -0.0469. The molecule has 0 aromatic rings. The van der Waals surface area contributed by atoms with Crippen molar-refractivity contribution in [2.45, 2.75) is 38.6 Å². The molecule has 0 fully saturated rings. The number of hydrogen-bond acceptors (Lipinski definition) is 3. The van der Waals surface area contributed by atoms with Gasteiger partial charge in [-0.25, -0.2) is 0 Å². The number of carbonyl (C=O) groups is 1. The zero-order valence-corrected chi connectivity index (χ0v) is 8.12. The van der Waals surface area contributed by atoms with Gasteiger partial charge in [0.15, 0.2) is 0 Å². The van der Waals surface area contributed by atoms with Crippen molar-refractivity contribution in [3.8, 4) is 0 Å². The van der Waals surface area contributed by atoms with Crippen molar-refractivity contribution in [1.82, 2.24) is 5.32 Å². The molecule has 0 spiro atoms. The van der Waals surface area contributed by atoms with Gasteiger partial charge >= 0.3 is 0 Å². The van der Waals surface area contributed by atoms with Crippen molar-refractivity contribution in [1.29, 1.82) is 0 Å².